The summed E-state index contributed by atoms with van der Waals surface area (Å²) < 4.78 is 0. The molecule has 0 bridgehead atoms. The van der Waals surface area contributed by atoms with Crippen molar-refractivity contribution in [2.24, 2.45) is 0 Å². The summed E-state index contributed by atoms with van der Waals surface area (Å²) in [7, 11) is 0. The second-order valence-electron chi connectivity index (χ2n) is 4.26. The van der Waals surface area contributed by atoms with Crippen LogP contribution in [-0.2, 0) is 11.3 Å². The molecule has 1 saturated heterocycles. The van der Waals surface area contributed by atoms with E-state index < -0.39 is 24.1 Å². The van der Waals surface area contributed by atoms with Gasteiger partial charge in [0.15, 0.2) is 0 Å². The van der Waals surface area contributed by atoms with E-state index >= 15 is 0 Å². The number of carbonyl (C=O) groups is 2. The van der Waals surface area contributed by atoms with Crippen LogP contribution in [0.4, 0.5) is 4.79 Å². The number of amides is 2. The highest BCUT2D eigenvalue weighted by Gasteiger charge is 2.38. The lowest BCUT2D eigenvalue weighted by molar-refractivity contribution is -0.141. The van der Waals surface area contributed by atoms with Crippen LogP contribution in [0.1, 0.15) is 12.1 Å². The summed E-state index contributed by atoms with van der Waals surface area (Å²) in [5.74, 6) is -1.12. The Bertz CT molecular complexity index is 467. The molecule has 0 radical (unpaired) electrons. The van der Waals surface area contributed by atoms with Crippen molar-refractivity contribution < 1.29 is 19.8 Å². The molecule has 0 saturated carbocycles. The number of likely N-dealkylation sites (tertiary alicyclic amines) is 1. The summed E-state index contributed by atoms with van der Waals surface area (Å²) in [6, 6.07) is 0.135. The van der Waals surface area contributed by atoms with E-state index in [0.29, 0.717) is 5.69 Å². The largest absolute Gasteiger partial charge is 0.480 e. The average molecular weight is 266 g/mol. The van der Waals surface area contributed by atoms with Gasteiger partial charge in [-0.25, -0.2) is 19.6 Å². The molecule has 8 heteroatoms. The number of hydrogen-bond acceptors (Lipinski definition) is 5. The van der Waals surface area contributed by atoms with Gasteiger partial charge in [0.2, 0.25) is 0 Å². The van der Waals surface area contributed by atoms with Crippen molar-refractivity contribution in [2.75, 3.05) is 6.54 Å². The molecule has 2 atom stereocenters. The highest BCUT2D eigenvalue weighted by molar-refractivity contribution is 5.83. The number of urea groups is 1. The van der Waals surface area contributed by atoms with Crippen molar-refractivity contribution in [1.29, 1.82) is 0 Å². The van der Waals surface area contributed by atoms with Gasteiger partial charge in [-0.05, 0) is 6.07 Å². The summed E-state index contributed by atoms with van der Waals surface area (Å²) in [5, 5.41) is 21.0. The predicted octanol–water partition coefficient (Wildman–Crippen LogP) is -0.794. The molecule has 1 aliphatic heterocycles. The predicted molar refractivity (Wildman–Crippen MR) is 63.0 cm³/mol. The van der Waals surface area contributed by atoms with Crippen molar-refractivity contribution in [1.82, 2.24) is 20.2 Å². The number of hydrogen-bond donors (Lipinski definition) is 3. The Morgan fingerprint density at radius 2 is 2.32 bits per heavy atom. The standard InChI is InChI=1S/C11H14N4O4/c16-8-3-9(10(17)18)15(5-8)11(19)13-4-7-1-2-12-6-14-7/h1-2,6,8-9,16H,3-5H2,(H,13,19)(H,17,18)/t8?,9-/m0/s1. The Hall–Kier alpha value is -2.22. The van der Waals surface area contributed by atoms with Crippen LogP contribution in [0.15, 0.2) is 18.6 Å². The first-order valence-electron chi connectivity index (χ1n) is 5.78. The number of aliphatic hydroxyl groups is 1. The molecule has 0 spiro atoms. The van der Waals surface area contributed by atoms with Crippen molar-refractivity contribution in [2.45, 2.75) is 25.1 Å². The van der Waals surface area contributed by atoms with Crippen LogP contribution in [0.25, 0.3) is 0 Å². The summed E-state index contributed by atoms with van der Waals surface area (Å²) in [6.45, 7) is 0.201. The fourth-order valence-electron chi connectivity index (χ4n) is 1.96. The Morgan fingerprint density at radius 1 is 1.53 bits per heavy atom. The number of rotatable bonds is 3. The Kier molecular flexibility index (Phi) is 3.91. The van der Waals surface area contributed by atoms with Gasteiger partial charge in [0.1, 0.15) is 12.4 Å². The number of nitrogens with zero attached hydrogens (tertiary/aromatic N) is 3. The first-order valence-corrected chi connectivity index (χ1v) is 5.78. The van der Waals surface area contributed by atoms with E-state index in [4.69, 9.17) is 5.11 Å². The van der Waals surface area contributed by atoms with Crippen LogP contribution in [-0.4, -0.2) is 55.8 Å². The van der Waals surface area contributed by atoms with Gasteiger partial charge in [-0.15, -0.1) is 0 Å². The first kappa shape index (κ1) is 13.2. The van der Waals surface area contributed by atoms with Crippen LogP contribution in [0.2, 0.25) is 0 Å². The van der Waals surface area contributed by atoms with Gasteiger partial charge in [0.25, 0.3) is 0 Å². The lowest BCUT2D eigenvalue weighted by atomic mass is 10.2. The summed E-state index contributed by atoms with van der Waals surface area (Å²) in [5.41, 5.74) is 0.620. The van der Waals surface area contributed by atoms with Gasteiger partial charge in [0.05, 0.1) is 18.3 Å². The maximum atomic E-state index is 11.9. The topological polar surface area (TPSA) is 116 Å². The molecule has 3 N–H and O–H groups in total. The van der Waals surface area contributed by atoms with E-state index in [9.17, 15) is 14.7 Å². The molecule has 102 valence electrons. The molecule has 8 nitrogen and oxygen atoms in total. The zero-order valence-corrected chi connectivity index (χ0v) is 10.1. The number of aliphatic carboxylic acids is 1. The van der Waals surface area contributed by atoms with Crippen molar-refractivity contribution in [3.8, 4) is 0 Å². The fraction of sp³-hybridized carbons (Fsp3) is 0.455. The Morgan fingerprint density at radius 3 is 2.95 bits per heavy atom. The SMILES string of the molecule is O=C(O)[C@@H]1CC(O)CN1C(=O)NCc1ccncn1. The molecule has 1 fully saturated rings. The van der Waals surface area contributed by atoms with Crippen LogP contribution in [0.3, 0.4) is 0 Å². The second-order valence-corrected chi connectivity index (χ2v) is 4.26. The summed E-state index contributed by atoms with van der Waals surface area (Å²) in [6.07, 6.45) is 2.16. The molecule has 19 heavy (non-hydrogen) atoms. The Balaban J connectivity index is 1.94. The minimum Gasteiger partial charge on any atom is -0.480 e. The van der Waals surface area contributed by atoms with Gasteiger partial charge >= 0.3 is 12.0 Å². The maximum Gasteiger partial charge on any atom is 0.326 e. The van der Waals surface area contributed by atoms with E-state index in [-0.39, 0.29) is 19.5 Å². The molecule has 2 amide bonds. The molecule has 1 aromatic rings. The number of nitrogens with one attached hydrogen (secondary N) is 1. The lowest BCUT2D eigenvalue weighted by Crippen LogP contribution is -2.46. The number of β-amino-alcohol motifs (C(OH)–C–C–N with tert-alkyl or cyclic N) is 1. The third-order valence-electron chi connectivity index (χ3n) is 2.89. The number of carbonyl (C=O) groups excluding carboxylic acids is 1. The minimum atomic E-state index is -1.12. The average Bonchev–Trinajstić information content (AvgIpc) is 2.79. The molecule has 1 aliphatic rings. The quantitative estimate of drug-likeness (QED) is 0.660. The van der Waals surface area contributed by atoms with Gasteiger partial charge in [0, 0.05) is 19.2 Å². The summed E-state index contributed by atoms with van der Waals surface area (Å²) in [4.78, 5) is 31.7. The number of aliphatic hydroxyl groups excluding tert-OH is 1. The molecule has 1 unspecified atom stereocenters. The molecular formula is C11H14N4O4. The lowest BCUT2D eigenvalue weighted by Gasteiger charge is -2.21. The van der Waals surface area contributed by atoms with Gasteiger partial charge in [-0.1, -0.05) is 0 Å². The number of carboxylic acid groups (broad SMARTS) is 1. The molecular weight excluding hydrogens is 252 g/mol. The maximum absolute atomic E-state index is 11.9. The van der Waals surface area contributed by atoms with Crippen LogP contribution < -0.4 is 5.32 Å². The smallest absolute Gasteiger partial charge is 0.326 e. The molecule has 0 aliphatic carbocycles. The number of aromatic nitrogens is 2. The minimum absolute atomic E-state index is 0.0204. The normalized spacial score (nSPS) is 22.3. The summed E-state index contributed by atoms with van der Waals surface area (Å²) >= 11 is 0. The molecule has 2 rings (SSSR count). The zero-order valence-electron chi connectivity index (χ0n) is 10.1. The second kappa shape index (κ2) is 5.61. The van der Waals surface area contributed by atoms with Gasteiger partial charge in [-0.2, -0.15) is 0 Å². The van der Waals surface area contributed by atoms with Crippen molar-refractivity contribution >= 4 is 12.0 Å². The van der Waals surface area contributed by atoms with E-state index in [1.54, 1.807) is 12.3 Å². The zero-order chi connectivity index (χ0) is 13.8. The van der Waals surface area contributed by atoms with Crippen molar-refractivity contribution in [3.05, 3.63) is 24.3 Å². The molecule has 0 aromatic carbocycles. The van der Waals surface area contributed by atoms with Crippen LogP contribution >= 0.6 is 0 Å². The van der Waals surface area contributed by atoms with E-state index in [1.165, 1.54) is 6.33 Å². The molecule has 1 aromatic heterocycles. The molecule has 2 heterocycles. The van der Waals surface area contributed by atoms with Gasteiger partial charge in [-0.3, -0.25) is 0 Å². The van der Waals surface area contributed by atoms with Crippen molar-refractivity contribution in [3.63, 3.8) is 0 Å². The third-order valence-corrected chi connectivity index (χ3v) is 2.89. The number of carboxylic acids is 1. The highest BCUT2D eigenvalue weighted by Crippen LogP contribution is 2.18. The third kappa shape index (κ3) is 3.16. The van der Waals surface area contributed by atoms with Crippen LogP contribution in [0, 0.1) is 0 Å². The van der Waals surface area contributed by atoms with E-state index in [0.717, 1.165) is 4.90 Å². The van der Waals surface area contributed by atoms with Crippen LogP contribution in [0.5, 0.6) is 0 Å². The Labute approximate surface area is 109 Å². The fourth-order valence-corrected chi connectivity index (χ4v) is 1.96. The highest BCUT2D eigenvalue weighted by atomic mass is 16.4. The first-order chi connectivity index (χ1) is 9.08. The van der Waals surface area contributed by atoms with E-state index in [2.05, 4.69) is 15.3 Å². The van der Waals surface area contributed by atoms with Gasteiger partial charge < -0.3 is 20.4 Å². The monoisotopic (exact) mass is 266 g/mol. The van der Waals surface area contributed by atoms with E-state index in [1.807, 2.05) is 0 Å².